The molecule has 0 fully saturated rings. The maximum atomic E-state index is 14.6. The molecule has 2 heterocycles. The SMILES string of the molecule is COC(=O)[C@@H](C)NC(=O)N1CCc2[nH]cnc2C1c1ccc(Cl)cc1F. The van der Waals surface area contributed by atoms with Gasteiger partial charge in [-0.3, -0.25) is 0 Å². The number of aromatic nitrogens is 2. The Labute approximate surface area is 154 Å². The van der Waals surface area contributed by atoms with Crippen molar-refractivity contribution in [2.24, 2.45) is 0 Å². The second-order valence-corrected chi connectivity index (χ2v) is 6.41. The first kappa shape index (κ1) is 18.2. The van der Waals surface area contributed by atoms with Crippen LogP contribution in [0.1, 0.15) is 29.9 Å². The van der Waals surface area contributed by atoms with Gasteiger partial charge in [0.2, 0.25) is 0 Å². The number of amides is 2. The number of methoxy groups -OCH3 is 1. The number of halogens is 2. The van der Waals surface area contributed by atoms with E-state index in [1.807, 2.05) is 0 Å². The van der Waals surface area contributed by atoms with Crippen molar-refractivity contribution in [3.05, 3.63) is 52.3 Å². The van der Waals surface area contributed by atoms with E-state index in [2.05, 4.69) is 20.0 Å². The van der Waals surface area contributed by atoms with E-state index in [1.54, 1.807) is 6.07 Å². The second-order valence-electron chi connectivity index (χ2n) is 5.97. The third-order valence-electron chi connectivity index (χ3n) is 4.34. The molecule has 2 atom stereocenters. The minimum absolute atomic E-state index is 0.264. The summed E-state index contributed by atoms with van der Waals surface area (Å²) in [5.41, 5.74) is 1.69. The molecular formula is C17H18ClFN4O3. The van der Waals surface area contributed by atoms with Gasteiger partial charge in [-0.15, -0.1) is 0 Å². The normalized spacial score (nSPS) is 17.4. The molecule has 1 unspecified atom stereocenters. The van der Waals surface area contributed by atoms with Gasteiger partial charge >= 0.3 is 12.0 Å². The van der Waals surface area contributed by atoms with Crippen molar-refractivity contribution in [1.82, 2.24) is 20.2 Å². The Bertz CT molecular complexity index is 841. The van der Waals surface area contributed by atoms with Crippen molar-refractivity contribution < 1.29 is 18.7 Å². The van der Waals surface area contributed by atoms with Gasteiger partial charge < -0.3 is 19.9 Å². The predicted octanol–water partition coefficient (Wildman–Crippen LogP) is 2.42. The molecule has 0 spiro atoms. The average molecular weight is 381 g/mol. The largest absolute Gasteiger partial charge is 0.467 e. The van der Waals surface area contributed by atoms with Crippen LogP contribution in [0.4, 0.5) is 9.18 Å². The van der Waals surface area contributed by atoms with E-state index >= 15 is 0 Å². The van der Waals surface area contributed by atoms with Crippen LogP contribution < -0.4 is 5.32 Å². The molecular weight excluding hydrogens is 363 g/mol. The average Bonchev–Trinajstić information content (AvgIpc) is 3.09. The van der Waals surface area contributed by atoms with Crippen molar-refractivity contribution in [2.75, 3.05) is 13.7 Å². The first-order valence-corrected chi connectivity index (χ1v) is 8.42. The van der Waals surface area contributed by atoms with Crippen molar-refractivity contribution in [1.29, 1.82) is 0 Å². The standard InChI is InChI=1S/C17H18ClFN4O3/c1-9(16(24)26-2)22-17(25)23-6-5-13-14(21-8-20-13)15(23)11-4-3-10(18)7-12(11)19/h3-4,7-9,15H,5-6H2,1-2H3,(H,20,21)(H,22,25)/t9-,15?/m1/s1. The molecule has 0 radical (unpaired) electrons. The van der Waals surface area contributed by atoms with E-state index in [0.29, 0.717) is 18.7 Å². The molecule has 3 rings (SSSR count). The van der Waals surface area contributed by atoms with Crippen LogP contribution in [-0.2, 0) is 16.0 Å². The van der Waals surface area contributed by atoms with Crippen LogP contribution in [0.25, 0.3) is 0 Å². The molecule has 0 saturated carbocycles. The van der Waals surface area contributed by atoms with Crippen LogP contribution in [0.5, 0.6) is 0 Å². The van der Waals surface area contributed by atoms with Gasteiger partial charge in [0, 0.05) is 29.2 Å². The van der Waals surface area contributed by atoms with E-state index in [4.69, 9.17) is 11.6 Å². The number of rotatable bonds is 3. The maximum absolute atomic E-state index is 14.6. The van der Waals surface area contributed by atoms with Gasteiger partial charge in [0.1, 0.15) is 17.9 Å². The molecule has 7 nitrogen and oxygen atoms in total. The van der Waals surface area contributed by atoms with Crippen molar-refractivity contribution in [3.8, 4) is 0 Å². The summed E-state index contributed by atoms with van der Waals surface area (Å²) in [6, 6.07) is 2.24. The number of carbonyl (C=O) groups excluding carboxylic acids is 2. The number of hydrogen-bond donors (Lipinski definition) is 2. The number of imidazole rings is 1. The Morgan fingerprint density at radius 1 is 1.50 bits per heavy atom. The molecule has 2 amide bonds. The predicted molar refractivity (Wildman–Crippen MR) is 92.3 cm³/mol. The van der Waals surface area contributed by atoms with E-state index < -0.39 is 29.9 Å². The van der Waals surface area contributed by atoms with Crippen LogP contribution in [-0.4, -0.2) is 46.6 Å². The summed E-state index contributed by atoms with van der Waals surface area (Å²) < 4.78 is 19.2. The molecule has 26 heavy (non-hydrogen) atoms. The summed E-state index contributed by atoms with van der Waals surface area (Å²) in [5.74, 6) is -1.10. The lowest BCUT2D eigenvalue weighted by atomic mass is 9.95. The number of esters is 1. The Hall–Kier alpha value is -2.61. The van der Waals surface area contributed by atoms with E-state index in [-0.39, 0.29) is 10.6 Å². The molecule has 2 aromatic rings. The van der Waals surface area contributed by atoms with Gasteiger partial charge in [0.15, 0.2) is 0 Å². The first-order valence-electron chi connectivity index (χ1n) is 8.04. The summed E-state index contributed by atoms with van der Waals surface area (Å²) in [6.45, 7) is 1.85. The second kappa shape index (κ2) is 7.33. The third kappa shape index (κ3) is 3.37. The molecule has 0 aliphatic carbocycles. The van der Waals surface area contributed by atoms with E-state index in [1.165, 1.54) is 37.4 Å². The number of urea groups is 1. The highest BCUT2D eigenvalue weighted by Crippen LogP contribution is 2.35. The zero-order valence-corrected chi connectivity index (χ0v) is 15.0. The molecule has 1 aliphatic rings. The highest BCUT2D eigenvalue weighted by molar-refractivity contribution is 6.30. The maximum Gasteiger partial charge on any atom is 0.328 e. The lowest BCUT2D eigenvalue weighted by Gasteiger charge is -2.35. The lowest BCUT2D eigenvalue weighted by molar-refractivity contribution is -0.142. The Morgan fingerprint density at radius 2 is 2.27 bits per heavy atom. The Balaban J connectivity index is 1.96. The Morgan fingerprint density at radius 3 is 2.96 bits per heavy atom. The molecule has 9 heteroatoms. The molecule has 138 valence electrons. The molecule has 0 saturated heterocycles. The van der Waals surface area contributed by atoms with Gasteiger partial charge in [-0.05, 0) is 19.1 Å². The number of aromatic amines is 1. The molecule has 0 bridgehead atoms. The number of ether oxygens (including phenoxy) is 1. The van der Waals surface area contributed by atoms with Gasteiger partial charge in [-0.25, -0.2) is 19.0 Å². The van der Waals surface area contributed by atoms with Crippen LogP contribution in [0.2, 0.25) is 5.02 Å². The van der Waals surface area contributed by atoms with Crippen molar-refractivity contribution in [2.45, 2.75) is 25.4 Å². The van der Waals surface area contributed by atoms with Gasteiger partial charge in [0.05, 0.1) is 19.1 Å². The third-order valence-corrected chi connectivity index (χ3v) is 4.57. The highest BCUT2D eigenvalue weighted by Gasteiger charge is 2.36. The van der Waals surface area contributed by atoms with Gasteiger partial charge in [-0.1, -0.05) is 17.7 Å². The van der Waals surface area contributed by atoms with Crippen LogP contribution in [0, 0.1) is 5.82 Å². The fourth-order valence-corrected chi connectivity index (χ4v) is 3.20. The summed E-state index contributed by atoms with van der Waals surface area (Å²) in [7, 11) is 1.24. The monoisotopic (exact) mass is 380 g/mol. The van der Waals surface area contributed by atoms with E-state index in [0.717, 1.165) is 5.69 Å². The smallest absolute Gasteiger partial charge is 0.328 e. The minimum atomic E-state index is -0.830. The number of hydrogen-bond acceptors (Lipinski definition) is 4. The molecule has 1 aromatic heterocycles. The van der Waals surface area contributed by atoms with Crippen LogP contribution >= 0.6 is 11.6 Å². The fraction of sp³-hybridized carbons (Fsp3) is 0.353. The number of nitrogens with one attached hydrogen (secondary N) is 2. The molecule has 1 aromatic carbocycles. The van der Waals surface area contributed by atoms with Crippen molar-refractivity contribution in [3.63, 3.8) is 0 Å². The quantitative estimate of drug-likeness (QED) is 0.800. The number of nitrogens with zero attached hydrogens (tertiary/aromatic N) is 2. The number of fused-ring (bicyclic) bond motifs is 1. The topological polar surface area (TPSA) is 87.3 Å². The van der Waals surface area contributed by atoms with Crippen LogP contribution in [0.3, 0.4) is 0 Å². The van der Waals surface area contributed by atoms with Crippen molar-refractivity contribution >= 4 is 23.6 Å². The number of benzene rings is 1. The summed E-state index contributed by atoms with van der Waals surface area (Å²) >= 11 is 5.85. The van der Waals surface area contributed by atoms with Gasteiger partial charge in [-0.2, -0.15) is 0 Å². The van der Waals surface area contributed by atoms with Gasteiger partial charge in [0.25, 0.3) is 0 Å². The first-order chi connectivity index (χ1) is 12.4. The Kier molecular flexibility index (Phi) is 5.13. The molecule has 1 aliphatic heterocycles. The summed E-state index contributed by atoms with van der Waals surface area (Å²) in [6.07, 6.45) is 2.06. The zero-order valence-electron chi connectivity index (χ0n) is 14.3. The highest BCUT2D eigenvalue weighted by atomic mass is 35.5. The minimum Gasteiger partial charge on any atom is -0.467 e. The number of H-pyrrole nitrogens is 1. The number of carbonyl (C=O) groups is 2. The summed E-state index contributed by atoms with van der Waals surface area (Å²) in [4.78, 5) is 33.1. The fourth-order valence-electron chi connectivity index (χ4n) is 3.04. The van der Waals surface area contributed by atoms with Crippen LogP contribution in [0.15, 0.2) is 24.5 Å². The molecule has 2 N–H and O–H groups in total. The van der Waals surface area contributed by atoms with E-state index in [9.17, 15) is 14.0 Å². The lowest BCUT2D eigenvalue weighted by Crippen LogP contribution is -2.50. The zero-order chi connectivity index (χ0) is 18.8. The summed E-state index contributed by atoms with van der Waals surface area (Å²) in [5, 5.41) is 2.84.